The molecule has 3 nitrogen and oxygen atoms in total. The first-order valence-corrected chi connectivity index (χ1v) is 5.46. The van der Waals surface area contributed by atoms with E-state index in [0.717, 1.165) is 37.4 Å². The van der Waals surface area contributed by atoms with Crippen LogP contribution in [0.5, 0.6) is 0 Å². The molecular weight excluding hydrogens is 174 g/mol. The van der Waals surface area contributed by atoms with Crippen molar-refractivity contribution in [3.8, 4) is 0 Å². The fraction of sp³-hybridized carbons (Fsp3) is 0.875. The Morgan fingerprint density at radius 2 is 2.33 bits per heavy atom. The van der Waals surface area contributed by atoms with Crippen LogP contribution in [0.3, 0.4) is 0 Å². The molecule has 1 fully saturated rings. The molecular formula is C8H15NO2S. The Balaban J connectivity index is 2.02. The van der Waals surface area contributed by atoms with Crippen molar-refractivity contribution in [3.05, 3.63) is 0 Å². The van der Waals surface area contributed by atoms with Gasteiger partial charge in [0.1, 0.15) is 0 Å². The van der Waals surface area contributed by atoms with Crippen LogP contribution in [0.2, 0.25) is 0 Å². The van der Waals surface area contributed by atoms with E-state index >= 15 is 0 Å². The number of carbonyl (C=O) groups is 1. The number of aliphatic hydroxyl groups is 1. The van der Waals surface area contributed by atoms with Gasteiger partial charge in [-0.15, -0.1) is 0 Å². The molecule has 0 spiro atoms. The molecule has 0 aromatic carbocycles. The summed E-state index contributed by atoms with van der Waals surface area (Å²) in [6.07, 6.45) is 1.74. The number of amides is 1. The summed E-state index contributed by atoms with van der Waals surface area (Å²) in [6.45, 7) is 2.01. The Morgan fingerprint density at radius 1 is 1.50 bits per heavy atom. The average Bonchev–Trinajstić information content (AvgIpc) is 2.46. The molecule has 1 aliphatic rings. The van der Waals surface area contributed by atoms with E-state index in [2.05, 4.69) is 0 Å². The molecule has 0 saturated carbocycles. The summed E-state index contributed by atoms with van der Waals surface area (Å²) in [6, 6.07) is 0. The molecule has 70 valence electrons. The predicted molar refractivity (Wildman–Crippen MR) is 50.2 cm³/mol. The van der Waals surface area contributed by atoms with E-state index in [-0.39, 0.29) is 6.61 Å². The number of hydrogen-bond donors (Lipinski definition) is 1. The Bertz CT molecular complexity index is 152. The van der Waals surface area contributed by atoms with E-state index in [9.17, 15) is 4.79 Å². The lowest BCUT2D eigenvalue weighted by Crippen LogP contribution is -2.27. The van der Waals surface area contributed by atoms with E-state index < -0.39 is 0 Å². The highest BCUT2D eigenvalue weighted by Crippen LogP contribution is 2.10. The van der Waals surface area contributed by atoms with Crippen molar-refractivity contribution >= 4 is 17.7 Å². The third kappa shape index (κ3) is 3.03. The summed E-state index contributed by atoms with van der Waals surface area (Å²) in [5.74, 6) is 2.02. The van der Waals surface area contributed by atoms with Crippen molar-refractivity contribution in [1.29, 1.82) is 0 Å². The zero-order valence-corrected chi connectivity index (χ0v) is 7.98. The minimum absolute atomic E-state index is 0.235. The van der Waals surface area contributed by atoms with Gasteiger partial charge >= 0.3 is 0 Å². The maximum absolute atomic E-state index is 11.1. The van der Waals surface area contributed by atoms with Crippen LogP contribution in [-0.4, -0.2) is 47.1 Å². The maximum atomic E-state index is 11.1. The van der Waals surface area contributed by atoms with Gasteiger partial charge in [-0.25, -0.2) is 0 Å². The normalized spacial score (nSPS) is 17.4. The van der Waals surface area contributed by atoms with Crippen LogP contribution in [-0.2, 0) is 4.79 Å². The monoisotopic (exact) mass is 189 g/mol. The molecule has 1 rings (SSSR count). The van der Waals surface area contributed by atoms with E-state index in [0.29, 0.717) is 5.91 Å². The lowest BCUT2D eigenvalue weighted by molar-refractivity contribution is -0.127. The second-order valence-corrected chi connectivity index (χ2v) is 4.05. The topological polar surface area (TPSA) is 40.5 Å². The van der Waals surface area contributed by atoms with E-state index in [1.807, 2.05) is 4.90 Å². The predicted octanol–water partition coefficient (Wildman–Crippen LogP) is 0.334. The summed E-state index contributed by atoms with van der Waals surface area (Å²) in [5.41, 5.74) is 0. The maximum Gasteiger partial charge on any atom is 0.222 e. The second-order valence-electron chi connectivity index (χ2n) is 2.82. The van der Waals surface area contributed by atoms with Crippen LogP contribution >= 0.6 is 11.8 Å². The van der Waals surface area contributed by atoms with E-state index in [1.54, 1.807) is 11.8 Å². The highest BCUT2D eigenvalue weighted by Gasteiger charge is 2.18. The smallest absolute Gasteiger partial charge is 0.222 e. The molecule has 0 aromatic rings. The van der Waals surface area contributed by atoms with Crippen molar-refractivity contribution in [2.24, 2.45) is 0 Å². The first kappa shape index (κ1) is 9.86. The highest BCUT2D eigenvalue weighted by molar-refractivity contribution is 7.99. The van der Waals surface area contributed by atoms with Crippen molar-refractivity contribution in [2.45, 2.75) is 12.8 Å². The molecule has 0 aliphatic carbocycles. The van der Waals surface area contributed by atoms with Gasteiger partial charge in [-0.3, -0.25) is 4.79 Å². The summed E-state index contributed by atoms with van der Waals surface area (Å²) < 4.78 is 0. The number of rotatable bonds is 5. The molecule has 0 aromatic heterocycles. The zero-order chi connectivity index (χ0) is 8.81. The minimum Gasteiger partial charge on any atom is -0.396 e. The van der Waals surface area contributed by atoms with E-state index in [4.69, 9.17) is 5.11 Å². The van der Waals surface area contributed by atoms with Gasteiger partial charge in [-0.05, 0) is 6.42 Å². The minimum atomic E-state index is 0.235. The highest BCUT2D eigenvalue weighted by atomic mass is 32.2. The quantitative estimate of drug-likeness (QED) is 0.634. The lowest BCUT2D eigenvalue weighted by atomic mass is 10.4. The van der Waals surface area contributed by atoms with Crippen LogP contribution in [0.15, 0.2) is 0 Å². The van der Waals surface area contributed by atoms with Crippen molar-refractivity contribution in [3.63, 3.8) is 0 Å². The van der Waals surface area contributed by atoms with Crippen LogP contribution in [0.25, 0.3) is 0 Å². The SMILES string of the molecule is O=C1CCCN1CCSCCO. The van der Waals surface area contributed by atoms with Crippen molar-refractivity contribution in [2.75, 3.05) is 31.2 Å². The molecule has 0 radical (unpaired) electrons. The van der Waals surface area contributed by atoms with Crippen LogP contribution in [0, 0.1) is 0 Å². The number of likely N-dealkylation sites (tertiary alicyclic amines) is 1. The molecule has 0 bridgehead atoms. The number of nitrogens with zero attached hydrogens (tertiary/aromatic N) is 1. The lowest BCUT2D eigenvalue weighted by Gasteiger charge is -2.14. The summed E-state index contributed by atoms with van der Waals surface area (Å²) >= 11 is 1.70. The first-order valence-electron chi connectivity index (χ1n) is 4.31. The number of hydrogen-bond acceptors (Lipinski definition) is 3. The summed E-state index contributed by atoms with van der Waals surface area (Å²) in [7, 11) is 0. The fourth-order valence-electron chi connectivity index (χ4n) is 1.28. The molecule has 0 atom stereocenters. The molecule has 12 heavy (non-hydrogen) atoms. The third-order valence-electron chi connectivity index (χ3n) is 1.91. The van der Waals surface area contributed by atoms with Crippen LogP contribution in [0.1, 0.15) is 12.8 Å². The van der Waals surface area contributed by atoms with Gasteiger partial charge < -0.3 is 10.0 Å². The van der Waals surface area contributed by atoms with Crippen molar-refractivity contribution in [1.82, 2.24) is 4.90 Å². The van der Waals surface area contributed by atoms with Crippen LogP contribution in [0.4, 0.5) is 0 Å². The Kier molecular flexibility index (Phi) is 4.46. The fourth-order valence-corrected chi connectivity index (χ4v) is 1.96. The van der Waals surface area contributed by atoms with Gasteiger partial charge in [-0.2, -0.15) is 11.8 Å². The average molecular weight is 189 g/mol. The summed E-state index contributed by atoms with van der Waals surface area (Å²) in [5, 5.41) is 8.51. The zero-order valence-electron chi connectivity index (χ0n) is 7.16. The molecule has 1 saturated heterocycles. The Morgan fingerprint density at radius 3 is 2.92 bits per heavy atom. The molecule has 4 heteroatoms. The molecule has 1 amide bonds. The molecule has 1 aliphatic heterocycles. The third-order valence-corrected chi connectivity index (χ3v) is 2.86. The van der Waals surface area contributed by atoms with Gasteiger partial charge in [-0.1, -0.05) is 0 Å². The standard InChI is InChI=1S/C8H15NO2S/c10-5-7-12-6-4-9-3-1-2-8(9)11/h10H,1-7H2. The summed E-state index contributed by atoms with van der Waals surface area (Å²) in [4.78, 5) is 13.0. The van der Waals surface area contributed by atoms with E-state index in [1.165, 1.54) is 0 Å². The van der Waals surface area contributed by atoms with Crippen molar-refractivity contribution < 1.29 is 9.90 Å². The van der Waals surface area contributed by atoms with Gasteiger partial charge in [0.2, 0.25) is 5.91 Å². The van der Waals surface area contributed by atoms with Gasteiger partial charge in [0.05, 0.1) is 6.61 Å². The second kappa shape index (κ2) is 5.43. The van der Waals surface area contributed by atoms with Gasteiger partial charge in [0.15, 0.2) is 0 Å². The Hall–Kier alpha value is -0.220. The molecule has 0 unspecified atom stereocenters. The Labute approximate surface area is 77.1 Å². The number of thioether (sulfide) groups is 1. The molecule has 1 heterocycles. The molecule has 1 N–H and O–H groups in total. The largest absolute Gasteiger partial charge is 0.396 e. The first-order chi connectivity index (χ1) is 5.84. The van der Waals surface area contributed by atoms with Gasteiger partial charge in [0.25, 0.3) is 0 Å². The number of carbonyl (C=O) groups excluding carboxylic acids is 1. The van der Waals surface area contributed by atoms with Crippen LogP contribution < -0.4 is 0 Å². The van der Waals surface area contributed by atoms with Gasteiger partial charge in [0, 0.05) is 31.0 Å². The number of aliphatic hydroxyl groups excluding tert-OH is 1.